The SMILES string of the molecule is CC[Si](CC)(CC)[C@@H](CNCc1cc(F)cc(F)c1)c1c(Cl)cc(F)cc1Cl. The molecular formula is C21H26Cl2F3NSi. The van der Waals surface area contributed by atoms with Gasteiger partial charge in [0.05, 0.1) is 8.07 Å². The summed E-state index contributed by atoms with van der Waals surface area (Å²) in [6.07, 6.45) is 0. The summed E-state index contributed by atoms with van der Waals surface area (Å²) in [5.74, 6) is -1.66. The zero-order valence-corrected chi connectivity index (χ0v) is 18.9. The molecule has 7 heteroatoms. The first-order chi connectivity index (χ1) is 13.3. The molecule has 28 heavy (non-hydrogen) atoms. The van der Waals surface area contributed by atoms with E-state index in [0.29, 0.717) is 28.7 Å². The van der Waals surface area contributed by atoms with Crippen LogP contribution in [0.15, 0.2) is 30.3 Å². The minimum absolute atomic E-state index is 0.0616. The van der Waals surface area contributed by atoms with Gasteiger partial charge in [-0.1, -0.05) is 62.1 Å². The fraction of sp³-hybridized carbons (Fsp3) is 0.429. The van der Waals surface area contributed by atoms with Crippen LogP contribution in [0.4, 0.5) is 13.2 Å². The summed E-state index contributed by atoms with van der Waals surface area (Å²) in [6, 6.07) is 9.18. The molecule has 0 spiro atoms. The Morgan fingerprint density at radius 3 is 1.75 bits per heavy atom. The van der Waals surface area contributed by atoms with Crippen molar-refractivity contribution in [2.75, 3.05) is 6.54 Å². The van der Waals surface area contributed by atoms with Crippen molar-refractivity contribution in [3.63, 3.8) is 0 Å². The highest BCUT2D eigenvalue weighted by Gasteiger charge is 2.39. The van der Waals surface area contributed by atoms with E-state index in [9.17, 15) is 13.2 Å². The van der Waals surface area contributed by atoms with Crippen molar-refractivity contribution in [1.82, 2.24) is 5.32 Å². The van der Waals surface area contributed by atoms with Gasteiger partial charge >= 0.3 is 0 Å². The molecule has 0 aromatic heterocycles. The third-order valence-corrected chi connectivity index (χ3v) is 12.7. The molecule has 0 aliphatic rings. The molecule has 0 unspecified atom stereocenters. The lowest BCUT2D eigenvalue weighted by atomic mass is 10.1. The molecule has 1 nitrogen and oxygen atoms in total. The predicted octanol–water partition coefficient (Wildman–Crippen LogP) is 7.33. The Labute approximate surface area is 176 Å². The summed E-state index contributed by atoms with van der Waals surface area (Å²) >= 11 is 12.8. The molecule has 0 aliphatic carbocycles. The molecule has 0 bridgehead atoms. The highest BCUT2D eigenvalue weighted by Crippen LogP contribution is 2.42. The number of hydrogen-bond acceptors (Lipinski definition) is 1. The molecule has 1 atom stereocenters. The number of nitrogens with one attached hydrogen (secondary N) is 1. The van der Waals surface area contributed by atoms with E-state index in [1.807, 2.05) is 0 Å². The Morgan fingerprint density at radius 1 is 0.821 bits per heavy atom. The lowest BCUT2D eigenvalue weighted by Crippen LogP contribution is -2.44. The Balaban J connectivity index is 2.34. The molecule has 0 saturated heterocycles. The summed E-state index contributed by atoms with van der Waals surface area (Å²) in [5, 5.41) is 3.99. The summed E-state index contributed by atoms with van der Waals surface area (Å²) in [4.78, 5) is 0. The van der Waals surface area contributed by atoms with Crippen LogP contribution >= 0.6 is 23.2 Å². The van der Waals surface area contributed by atoms with Gasteiger partial charge < -0.3 is 5.32 Å². The maximum atomic E-state index is 13.7. The molecule has 2 aromatic rings. The standard InChI is InChI=1S/C21H26Cl2F3NSi/c1-4-28(5-2,6-3)20(21-18(22)10-17(26)11-19(21)23)13-27-12-14-7-15(24)9-16(25)8-14/h7-11,20,27H,4-6,12-13H2,1-3H3/t20-/m0/s1. The molecule has 154 valence electrons. The second-order valence-electron chi connectivity index (χ2n) is 7.17. The minimum Gasteiger partial charge on any atom is -0.312 e. The molecule has 0 amide bonds. The predicted molar refractivity (Wildman–Crippen MR) is 114 cm³/mol. The van der Waals surface area contributed by atoms with Crippen LogP contribution in [0.3, 0.4) is 0 Å². The fourth-order valence-electron chi connectivity index (χ4n) is 4.07. The maximum Gasteiger partial charge on any atom is 0.126 e. The summed E-state index contributed by atoms with van der Waals surface area (Å²) in [7, 11) is -1.83. The summed E-state index contributed by atoms with van der Waals surface area (Å²) in [6.45, 7) is 7.42. The number of hydrogen-bond donors (Lipinski definition) is 1. The minimum atomic E-state index is -1.83. The van der Waals surface area contributed by atoms with Crippen LogP contribution in [0.5, 0.6) is 0 Å². The van der Waals surface area contributed by atoms with Crippen LogP contribution in [-0.4, -0.2) is 14.6 Å². The van der Waals surface area contributed by atoms with E-state index in [4.69, 9.17) is 23.2 Å². The molecular weight excluding hydrogens is 422 g/mol. The average Bonchev–Trinajstić information content (AvgIpc) is 2.61. The molecule has 0 heterocycles. The third kappa shape index (κ3) is 5.32. The first-order valence-electron chi connectivity index (χ1n) is 9.56. The van der Waals surface area contributed by atoms with Gasteiger partial charge in [0.1, 0.15) is 17.5 Å². The Morgan fingerprint density at radius 2 is 1.29 bits per heavy atom. The zero-order valence-electron chi connectivity index (χ0n) is 16.4. The van der Waals surface area contributed by atoms with E-state index >= 15 is 0 Å². The first kappa shape index (κ1) is 23.3. The zero-order chi connectivity index (χ0) is 20.9. The number of rotatable bonds is 9. The van der Waals surface area contributed by atoms with E-state index in [2.05, 4.69) is 26.1 Å². The largest absolute Gasteiger partial charge is 0.312 e. The summed E-state index contributed by atoms with van der Waals surface area (Å²) in [5.41, 5.74) is 1.37. The smallest absolute Gasteiger partial charge is 0.126 e. The van der Waals surface area contributed by atoms with Gasteiger partial charge in [0, 0.05) is 29.2 Å². The van der Waals surface area contributed by atoms with Crippen LogP contribution in [0.2, 0.25) is 28.2 Å². The number of halogens is 5. The van der Waals surface area contributed by atoms with Gasteiger partial charge in [-0.25, -0.2) is 13.2 Å². The molecule has 2 rings (SSSR count). The fourth-order valence-corrected chi connectivity index (χ4v) is 9.46. The van der Waals surface area contributed by atoms with Crippen LogP contribution < -0.4 is 5.32 Å². The monoisotopic (exact) mass is 447 g/mol. The lowest BCUT2D eigenvalue weighted by molar-refractivity contribution is 0.574. The molecule has 0 saturated carbocycles. The van der Waals surface area contributed by atoms with Crippen molar-refractivity contribution in [3.05, 3.63) is 69.0 Å². The van der Waals surface area contributed by atoms with Gasteiger partial charge in [-0.2, -0.15) is 0 Å². The van der Waals surface area contributed by atoms with Gasteiger partial charge in [-0.3, -0.25) is 0 Å². The van der Waals surface area contributed by atoms with E-state index in [0.717, 1.165) is 29.8 Å². The normalized spacial score (nSPS) is 13.0. The van der Waals surface area contributed by atoms with Gasteiger partial charge in [-0.05, 0) is 40.9 Å². The first-order valence-corrected chi connectivity index (χ1v) is 13.0. The molecule has 0 fully saturated rings. The van der Waals surface area contributed by atoms with Crippen LogP contribution in [0, 0.1) is 17.5 Å². The van der Waals surface area contributed by atoms with Crippen molar-refractivity contribution in [2.24, 2.45) is 0 Å². The number of benzene rings is 2. The Hall–Kier alpha value is -1.01. The van der Waals surface area contributed by atoms with Crippen molar-refractivity contribution in [1.29, 1.82) is 0 Å². The van der Waals surface area contributed by atoms with E-state index < -0.39 is 25.5 Å². The van der Waals surface area contributed by atoms with Crippen LogP contribution in [0.25, 0.3) is 0 Å². The molecule has 0 aliphatic heterocycles. The highest BCUT2D eigenvalue weighted by molar-refractivity contribution is 6.81. The van der Waals surface area contributed by atoms with Crippen molar-refractivity contribution in [2.45, 2.75) is 51.0 Å². The van der Waals surface area contributed by atoms with Crippen molar-refractivity contribution >= 4 is 31.3 Å². The molecule has 1 N–H and O–H groups in total. The Kier molecular flexibility index (Phi) is 8.43. The van der Waals surface area contributed by atoms with Gasteiger partial charge in [0.2, 0.25) is 0 Å². The second-order valence-corrected chi connectivity index (χ2v) is 13.5. The average molecular weight is 448 g/mol. The van der Waals surface area contributed by atoms with Crippen LogP contribution in [-0.2, 0) is 6.54 Å². The van der Waals surface area contributed by atoms with Gasteiger partial charge in [0.25, 0.3) is 0 Å². The second kappa shape index (κ2) is 10.1. The van der Waals surface area contributed by atoms with Crippen molar-refractivity contribution < 1.29 is 13.2 Å². The Bertz CT molecular complexity index is 761. The molecule has 0 radical (unpaired) electrons. The van der Waals surface area contributed by atoms with Crippen molar-refractivity contribution in [3.8, 4) is 0 Å². The lowest BCUT2D eigenvalue weighted by Gasteiger charge is -2.38. The van der Waals surface area contributed by atoms with E-state index in [1.54, 1.807) is 0 Å². The summed E-state index contributed by atoms with van der Waals surface area (Å²) < 4.78 is 40.6. The third-order valence-electron chi connectivity index (χ3n) is 5.84. The topological polar surface area (TPSA) is 12.0 Å². The van der Waals surface area contributed by atoms with Crippen LogP contribution in [0.1, 0.15) is 37.4 Å². The maximum absolute atomic E-state index is 13.7. The highest BCUT2D eigenvalue weighted by atomic mass is 35.5. The van der Waals surface area contributed by atoms with E-state index in [1.165, 1.54) is 24.3 Å². The molecule has 2 aromatic carbocycles. The van der Waals surface area contributed by atoms with Gasteiger partial charge in [0.15, 0.2) is 0 Å². The van der Waals surface area contributed by atoms with E-state index in [-0.39, 0.29) is 5.54 Å². The quantitative estimate of drug-likeness (QED) is 0.396. The van der Waals surface area contributed by atoms with Gasteiger partial charge in [-0.15, -0.1) is 0 Å².